The second kappa shape index (κ2) is 7.64. The summed E-state index contributed by atoms with van der Waals surface area (Å²) in [5.74, 6) is 4.71. The zero-order valence-electron chi connectivity index (χ0n) is 11.4. The third kappa shape index (κ3) is 5.83. The molecule has 0 spiro atoms. The first-order valence-electron chi connectivity index (χ1n) is 6.22. The molecule has 1 N–H and O–H groups in total. The average Bonchev–Trinajstić information content (AvgIpc) is 2.44. The lowest BCUT2D eigenvalue weighted by Crippen LogP contribution is -2.31. The first kappa shape index (κ1) is 17.0. The Morgan fingerprint density at radius 3 is 2.81 bits per heavy atom. The lowest BCUT2D eigenvalue weighted by molar-refractivity contribution is -0.136. The molecule has 7 heteroatoms. The minimum absolute atomic E-state index is 0.00705. The molecule has 0 unspecified atom stereocenters. The molecule has 114 valence electrons. The summed E-state index contributed by atoms with van der Waals surface area (Å²) in [5, 5.41) is 8.66. The Hall–Kier alpha value is -2.07. The standard InChI is InChI=1S/C14H15F3N2O2/c1-19(9-7-14(15,16)17)13(21)12-11(5-2-3-10-20)6-4-8-18-12/h4,6,8,20H,3,7,9-10H2,1H3. The van der Waals surface area contributed by atoms with E-state index in [4.69, 9.17) is 5.11 Å². The predicted octanol–water partition coefficient (Wildman–Crippen LogP) is 1.84. The number of aliphatic hydroxyl groups excluding tert-OH is 1. The number of hydrogen-bond donors (Lipinski definition) is 1. The van der Waals surface area contributed by atoms with Crippen LogP contribution in [0.2, 0.25) is 0 Å². The van der Waals surface area contributed by atoms with Crippen LogP contribution >= 0.6 is 0 Å². The van der Waals surface area contributed by atoms with Crippen LogP contribution in [0.3, 0.4) is 0 Å². The van der Waals surface area contributed by atoms with Gasteiger partial charge in [-0.25, -0.2) is 4.98 Å². The van der Waals surface area contributed by atoms with Gasteiger partial charge in [-0.1, -0.05) is 11.8 Å². The number of nitrogens with zero attached hydrogens (tertiary/aromatic N) is 2. The van der Waals surface area contributed by atoms with Crippen molar-refractivity contribution in [3.8, 4) is 11.8 Å². The SMILES string of the molecule is CN(CCC(F)(F)F)C(=O)c1ncccc1C#CCCO. The number of pyridine rings is 1. The van der Waals surface area contributed by atoms with Gasteiger partial charge in [0.05, 0.1) is 18.6 Å². The fourth-order valence-electron chi connectivity index (χ4n) is 1.47. The Balaban J connectivity index is 2.85. The van der Waals surface area contributed by atoms with Gasteiger partial charge in [-0.05, 0) is 12.1 Å². The highest BCUT2D eigenvalue weighted by Gasteiger charge is 2.28. The Kier molecular flexibility index (Phi) is 6.18. The molecule has 1 aromatic heterocycles. The van der Waals surface area contributed by atoms with E-state index >= 15 is 0 Å². The van der Waals surface area contributed by atoms with Crippen LogP contribution in [0.25, 0.3) is 0 Å². The number of hydrogen-bond acceptors (Lipinski definition) is 3. The molecule has 4 nitrogen and oxygen atoms in total. The van der Waals surface area contributed by atoms with E-state index in [-0.39, 0.29) is 18.7 Å². The van der Waals surface area contributed by atoms with Crippen LogP contribution in [0.1, 0.15) is 28.9 Å². The van der Waals surface area contributed by atoms with Crippen molar-refractivity contribution in [2.24, 2.45) is 0 Å². The van der Waals surface area contributed by atoms with Gasteiger partial charge in [0.2, 0.25) is 0 Å². The van der Waals surface area contributed by atoms with Crippen molar-refractivity contribution in [2.75, 3.05) is 20.2 Å². The van der Waals surface area contributed by atoms with Crippen LogP contribution in [-0.4, -0.2) is 47.3 Å². The van der Waals surface area contributed by atoms with E-state index in [1.165, 1.54) is 13.2 Å². The highest BCUT2D eigenvalue weighted by Crippen LogP contribution is 2.20. The number of rotatable bonds is 4. The minimum Gasteiger partial charge on any atom is -0.395 e. The summed E-state index contributed by atoms with van der Waals surface area (Å²) in [6.07, 6.45) is -3.77. The van der Waals surface area contributed by atoms with Crippen LogP contribution in [0.15, 0.2) is 18.3 Å². The molecule has 0 radical (unpaired) electrons. The maximum Gasteiger partial charge on any atom is 0.390 e. The van der Waals surface area contributed by atoms with Crippen LogP contribution < -0.4 is 0 Å². The van der Waals surface area contributed by atoms with E-state index in [0.29, 0.717) is 5.56 Å². The first-order valence-corrected chi connectivity index (χ1v) is 6.22. The lowest BCUT2D eigenvalue weighted by Gasteiger charge is -2.18. The van der Waals surface area contributed by atoms with Gasteiger partial charge in [0.1, 0.15) is 5.69 Å². The number of carbonyl (C=O) groups is 1. The molecule has 1 rings (SSSR count). The summed E-state index contributed by atoms with van der Waals surface area (Å²) in [6.45, 7) is -0.551. The number of alkyl halides is 3. The quantitative estimate of drug-likeness (QED) is 0.863. The molecule has 1 amide bonds. The van der Waals surface area contributed by atoms with E-state index in [9.17, 15) is 18.0 Å². The number of aromatic nitrogens is 1. The van der Waals surface area contributed by atoms with E-state index < -0.39 is 25.0 Å². The van der Waals surface area contributed by atoms with E-state index in [0.717, 1.165) is 4.90 Å². The van der Waals surface area contributed by atoms with Crippen molar-refractivity contribution >= 4 is 5.91 Å². The highest BCUT2D eigenvalue weighted by atomic mass is 19.4. The molecule has 0 aliphatic carbocycles. The van der Waals surface area contributed by atoms with Gasteiger partial charge < -0.3 is 10.0 Å². The Morgan fingerprint density at radius 2 is 2.19 bits per heavy atom. The maximum atomic E-state index is 12.2. The molecule has 0 aliphatic rings. The van der Waals surface area contributed by atoms with Crippen molar-refractivity contribution < 1.29 is 23.1 Å². The van der Waals surface area contributed by atoms with Gasteiger partial charge in [-0.15, -0.1) is 0 Å². The summed E-state index contributed by atoms with van der Waals surface area (Å²) in [5.41, 5.74) is 0.336. The lowest BCUT2D eigenvalue weighted by atomic mass is 10.1. The zero-order chi connectivity index (χ0) is 15.9. The predicted molar refractivity (Wildman–Crippen MR) is 70.5 cm³/mol. The normalized spacial score (nSPS) is 10.7. The topological polar surface area (TPSA) is 53.4 Å². The van der Waals surface area contributed by atoms with Crippen molar-refractivity contribution in [3.63, 3.8) is 0 Å². The Labute approximate surface area is 120 Å². The van der Waals surface area contributed by atoms with Gasteiger partial charge in [0.15, 0.2) is 0 Å². The third-order valence-electron chi connectivity index (χ3n) is 2.55. The summed E-state index contributed by atoms with van der Waals surface area (Å²) in [4.78, 5) is 16.9. The average molecular weight is 300 g/mol. The summed E-state index contributed by atoms with van der Waals surface area (Å²) in [7, 11) is 1.29. The molecular formula is C14H15F3N2O2. The summed E-state index contributed by atoms with van der Waals surface area (Å²) >= 11 is 0. The number of carbonyl (C=O) groups excluding carboxylic acids is 1. The summed E-state index contributed by atoms with van der Waals surface area (Å²) < 4.78 is 36.5. The Bertz CT molecular complexity index is 547. The van der Waals surface area contributed by atoms with Gasteiger partial charge in [-0.2, -0.15) is 13.2 Å². The third-order valence-corrected chi connectivity index (χ3v) is 2.55. The van der Waals surface area contributed by atoms with Gasteiger partial charge in [0, 0.05) is 26.2 Å². The smallest absolute Gasteiger partial charge is 0.390 e. The number of amides is 1. The molecule has 0 bridgehead atoms. The second-order valence-electron chi connectivity index (χ2n) is 4.27. The van der Waals surface area contributed by atoms with Gasteiger partial charge in [-0.3, -0.25) is 4.79 Å². The Morgan fingerprint density at radius 1 is 1.48 bits per heavy atom. The number of aliphatic hydroxyl groups is 1. The molecule has 1 heterocycles. The molecular weight excluding hydrogens is 285 g/mol. The maximum absolute atomic E-state index is 12.2. The monoisotopic (exact) mass is 300 g/mol. The molecule has 0 atom stereocenters. The van der Waals surface area contributed by atoms with Crippen LogP contribution in [0.5, 0.6) is 0 Å². The van der Waals surface area contributed by atoms with E-state index in [1.807, 2.05) is 0 Å². The number of halogens is 3. The molecule has 0 aromatic carbocycles. The van der Waals surface area contributed by atoms with Crippen LogP contribution in [-0.2, 0) is 0 Å². The van der Waals surface area contributed by atoms with Crippen LogP contribution in [0.4, 0.5) is 13.2 Å². The fraction of sp³-hybridized carbons (Fsp3) is 0.429. The summed E-state index contributed by atoms with van der Waals surface area (Å²) in [6, 6.07) is 3.14. The van der Waals surface area contributed by atoms with Crippen molar-refractivity contribution in [3.05, 3.63) is 29.6 Å². The fourth-order valence-corrected chi connectivity index (χ4v) is 1.47. The van der Waals surface area contributed by atoms with Crippen molar-refractivity contribution in [1.82, 2.24) is 9.88 Å². The van der Waals surface area contributed by atoms with E-state index in [1.54, 1.807) is 12.1 Å². The molecule has 0 fully saturated rings. The van der Waals surface area contributed by atoms with Crippen LogP contribution in [0, 0.1) is 11.8 Å². The highest BCUT2D eigenvalue weighted by molar-refractivity contribution is 5.94. The minimum atomic E-state index is -4.32. The molecule has 21 heavy (non-hydrogen) atoms. The largest absolute Gasteiger partial charge is 0.395 e. The van der Waals surface area contributed by atoms with Crippen molar-refractivity contribution in [1.29, 1.82) is 0 Å². The first-order chi connectivity index (χ1) is 9.85. The molecule has 0 aliphatic heterocycles. The van der Waals surface area contributed by atoms with E-state index in [2.05, 4.69) is 16.8 Å². The molecule has 0 saturated carbocycles. The molecule has 1 aromatic rings. The van der Waals surface area contributed by atoms with Crippen molar-refractivity contribution in [2.45, 2.75) is 19.0 Å². The van der Waals surface area contributed by atoms with Gasteiger partial charge in [0.25, 0.3) is 5.91 Å². The molecule has 0 saturated heterocycles. The second-order valence-corrected chi connectivity index (χ2v) is 4.27. The zero-order valence-corrected chi connectivity index (χ0v) is 11.4. The van der Waals surface area contributed by atoms with Gasteiger partial charge >= 0.3 is 6.18 Å².